The molecule has 0 saturated heterocycles. The van der Waals surface area contributed by atoms with Gasteiger partial charge in [-0.2, -0.15) is 5.10 Å². The molecule has 140 valence electrons. The second-order valence-corrected chi connectivity index (χ2v) is 5.95. The Morgan fingerprint density at radius 3 is 2.67 bits per heavy atom. The van der Waals surface area contributed by atoms with Gasteiger partial charge in [-0.1, -0.05) is 0 Å². The summed E-state index contributed by atoms with van der Waals surface area (Å²) in [6.07, 6.45) is 6.95. The van der Waals surface area contributed by atoms with Crippen molar-refractivity contribution >= 4 is 11.7 Å². The topological polar surface area (TPSA) is 81.1 Å². The van der Waals surface area contributed by atoms with Crippen molar-refractivity contribution in [2.45, 2.75) is 12.8 Å². The quantitative estimate of drug-likeness (QED) is 0.625. The molecule has 2 heterocycles. The smallest absolute Gasteiger partial charge is 0.319 e. The van der Waals surface area contributed by atoms with Crippen LogP contribution in [0.1, 0.15) is 12.0 Å². The molecule has 0 aliphatic carbocycles. The lowest BCUT2D eigenvalue weighted by molar-refractivity contribution is 0.252. The predicted octanol–water partition coefficient (Wildman–Crippen LogP) is 3.50. The number of urea groups is 1. The minimum Gasteiger partial charge on any atom is -0.439 e. The fourth-order valence-electron chi connectivity index (χ4n) is 2.41. The summed E-state index contributed by atoms with van der Waals surface area (Å²) in [4.78, 5) is 16.0. The van der Waals surface area contributed by atoms with Crippen LogP contribution in [-0.2, 0) is 13.5 Å². The van der Waals surface area contributed by atoms with Crippen LogP contribution in [0.4, 0.5) is 14.9 Å². The molecule has 27 heavy (non-hydrogen) atoms. The number of ether oxygens (including phenoxy) is 1. The highest BCUT2D eigenvalue weighted by molar-refractivity contribution is 5.88. The molecule has 8 heteroatoms. The van der Waals surface area contributed by atoms with E-state index in [4.69, 9.17) is 4.74 Å². The van der Waals surface area contributed by atoms with E-state index in [0.717, 1.165) is 18.4 Å². The number of nitrogens with zero attached hydrogens (tertiary/aromatic N) is 3. The number of benzene rings is 1. The molecular weight excluding hydrogens is 349 g/mol. The molecule has 0 fully saturated rings. The molecule has 7 nitrogen and oxygen atoms in total. The van der Waals surface area contributed by atoms with Crippen molar-refractivity contribution in [3.8, 4) is 11.6 Å². The van der Waals surface area contributed by atoms with Gasteiger partial charge in [0.2, 0.25) is 5.88 Å². The van der Waals surface area contributed by atoms with Gasteiger partial charge in [-0.05, 0) is 48.7 Å². The molecule has 2 aromatic heterocycles. The lowest BCUT2D eigenvalue weighted by Crippen LogP contribution is -2.29. The molecule has 0 unspecified atom stereocenters. The number of halogens is 1. The first-order chi connectivity index (χ1) is 13.1. The molecule has 0 aliphatic rings. The highest BCUT2D eigenvalue weighted by Crippen LogP contribution is 2.20. The van der Waals surface area contributed by atoms with Gasteiger partial charge in [0.25, 0.3) is 0 Å². The zero-order valence-electron chi connectivity index (χ0n) is 14.9. The van der Waals surface area contributed by atoms with E-state index in [-0.39, 0.29) is 11.8 Å². The van der Waals surface area contributed by atoms with Crippen molar-refractivity contribution in [2.24, 2.45) is 7.05 Å². The number of nitrogens with one attached hydrogen (secondary N) is 2. The minimum atomic E-state index is -0.332. The molecule has 1 aromatic carbocycles. The van der Waals surface area contributed by atoms with E-state index in [9.17, 15) is 9.18 Å². The van der Waals surface area contributed by atoms with E-state index in [1.807, 2.05) is 19.4 Å². The Kier molecular flexibility index (Phi) is 5.98. The van der Waals surface area contributed by atoms with Gasteiger partial charge in [0.1, 0.15) is 11.6 Å². The zero-order valence-corrected chi connectivity index (χ0v) is 14.9. The van der Waals surface area contributed by atoms with Gasteiger partial charge in [0, 0.05) is 25.9 Å². The molecule has 0 saturated carbocycles. The van der Waals surface area contributed by atoms with Gasteiger partial charge in [0.05, 0.1) is 18.1 Å². The highest BCUT2D eigenvalue weighted by atomic mass is 19.1. The van der Waals surface area contributed by atoms with Gasteiger partial charge in [-0.15, -0.1) is 0 Å². The molecule has 0 spiro atoms. The monoisotopic (exact) mass is 369 g/mol. The number of aromatic nitrogens is 3. The molecule has 0 bridgehead atoms. The summed E-state index contributed by atoms with van der Waals surface area (Å²) in [6, 6.07) is 8.66. The van der Waals surface area contributed by atoms with E-state index in [1.165, 1.54) is 30.5 Å². The number of carbonyl (C=O) groups excluding carboxylic acids is 1. The summed E-state index contributed by atoms with van der Waals surface area (Å²) in [5, 5.41) is 9.61. The maximum atomic E-state index is 12.9. The van der Waals surface area contributed by atoms with Crippen molar-refractivity contribution < 1.29 is 13.9 Å². The van der Waals surface area contributed by atoms with E-state index < -0.39 is 0 Å². The van der Waals surface area contributed by atoms with Crippen LogP contribution in [0.5, 0.6) is 11.6 Å². The first-order valence-corrected chi connectivity index (χ1v) is 8.50. The molecular formula is C19H20FN5O2. The Hall–Kier alpha value is -3.42. The summed E-state index contributed by atoms with van der Waals surface area (Å²) in [5.41, 5.74) is 1.69. The van der Waals surface area contributed by atoms with Crippen LogP contribution < -0.4 is 15.4 Å². The maximum absolute atomic E-state index is 12.9. The molecule has 3 aromatic rings. The molecule has 2 amide bonds. The van der Waals surface area contributed by atoms with Crippen molar-refractivity contribution in [3.05, 3.63) is 66.4 Å². The lowest BCUT2D eigenvalue weighted by atomic mass is 10.2. The van der Waals surface area contributed by atoms with Crippen LogP contribution in [-0.4, -0.2) is 27.3 Å². The number of rotatable bonds is 7. The second-order valence-electron chi connectivity index (χ2n) is 5.95. The third kappa shape index (κ3) is 5.81. The Morgan fingerprint density at radius 1 is 1.19 bits per heavy atom. The van der Waals surface area contributed by atoms with E-state index in [0.29, 0.717) is 23.9 Å². The van der Waals surface area contributed by atoms with Crippen molar-refractivity contribution in [1.29, 1.82) is 0 Å². The van der Waals surface area contributed by atoms with Gasteiger partial charge in [-0.25, -0.2) is 14.2 Å². The Labute approximate surface area is 156 Å². The summed E-state index contributed by atoms with van der Waals surface area (Å²) in [5.74, 6) is 0.501. The van der Waals surface area contributed by atoms with Crippen molar-refractivity contribution in [3.63, 3.8) is 0 Å². The number of carbonyl (C=O) groups is 1. The van der Waals surface area contributed by atoms with E-state index >= 15 is 0 Å². The van der Waals surface area contributed by atoms with Crippen LogP contribution in [0.3, 0.4) is 0 Å². The molecule has 2 N–H and O–H groups in total. The van der Waals surface area contributed by atoms with Gasteiger partial charge in [-0.3, -0.25) is 4.68 Å². The summed E-state index contributed by atoms with van der Waals surface area (Å²) in [6.45, 7) is 0.555. The normalized spacial score (nSPS) is 10.4. The lowest BCUT2D eigenvalue weighted by Gasteiger charge is -2.08. The summed E-state index contributed by atoms with van der Waals surface area (Å²) < 4.78 is 20.1. The third-order valence-electron chi connectivity index (χ3n) is 3.72. The van der Waals surface area contributed by atoms with Crippen LogP contribution in [0.15, 0.2) is 55.0 Å². The molecule has 0 aliphatic heterocycles. The van der Waals surface area contributed by atoms with Gasteiger partial charge in [0.15, 0.2) is 0 Å². The molecule has 3 rings (SSSR count). The minimum absolute atomic E-state index is 0.296. The van der Waals surface area contributed by atoms with E-state index in [1.54, 1.807) is 16.8 Å². The van der Waals surface area contributed by atoms with Crippen LogP contribution in [0.2, 0.25) is 0 Å². The summed E-state index contributed by atoms with van der Waals surface area (Å²) in [7, 11) is 1.87. The van der Waals surface area contributed by atoms with Gasteiger partial charge >= 0.3 is 6.03 Å². The predicted molar refractivity (Wildman–Crippen MR) is 99.3 cm³/mol. The SMILES string of the molecule is Cn1cc(CCCNC(=O)Nc2ccc(Oc3ccc(F)cc3)nc2)cn1. The number of hydrogen-bond donors (Lipinski definition) is 2. The number of anilines is 1. The Morgan fingerprint density at radius 2 is 2.00 bits per heavy atom. The molecule has 0 radical (unpaired) electrons. The van der Waals surface area contributed by atoms with Crippen molar-refractivity contribution in [1.82, 2.24) is 20.1 Å². The van der Waals surface area contributed by atoms with Gasteiger partial charge < -0.3 is 15.4 Å². The molecule has 0 atom stereocenters. The fourth-order valence-corrected chi connectivity index (χ4v) is 2.41. The standard InChI is InChI=1S/C19H20FN5O2/c1-25-13-14(11-23-25)3-2-10-21-19(26)24-16-6-9-18(22-12-16)27-17-7-4-15(20)5-8-17/h4-9,11-13H,2-3,10H2,1H3,(H2,21,24,26). The number of pyridine rings is 1. The number of aryl methyl sites for hydroxylation is 2. The largest absolute Gasteiger partial charge is 0.439 e. The number of hydrogen-bond acceptors (Lipinski definition) is 4. The average Bonchev–Trinajstić information content (AvgIpc) is 3.08. The maximum Gasteiger partial charge on any atom is 0.319 e. The first kappa shape index (κ1) is 18.4. The Bertz CT molecular complexity index is 878. The van der Waals surface area contributed by atoms with Crippen LogP contribution in [0.25, 0.3) is 0 Å². The number of amides is 2. The first-order valence-electron chi connectivity index (χ1n) is 8.50. The fraction of sp³-hybridized carbons (Fsp3) is 0.211. The van der Waals surface area contributed by atoms with E-state index in [2.05, 4.69) is 20.7 Å². The zero-order chi connectivity index (χ0) is 19.1. The van der Waals surface area contributed by atoms with Crippen LogP contribution >= 0.6 is 0 Å². The highest BCUT2D eigenvalue weighted by Gasteiger charge is 2.04. The second kappa shape index (κ2) is 8.79. The van der Waals surface area contributed by atoms with Crippen LogP contribution in [0, 0.1) is 5.82 Å². The van der Waals surface area contributed by atoms with Crippen molar-refractivity contribution in [2.75, 3.05) is 11.9 Å². The average molecular weight is 369 g/mol. The summed E-state index contributed by atoms with van der Waals surface area (Å²) >= 11 is 0. The third-order valence-corrected chi connectivity index (χ3v) is 3.72. The Balaban J connectivity index is 1.40.